The van der Waals surface area contributed by atoms with Crippen molar-refractivity contribution in [3.63, 3.8) is 0 Å². The standard InChI is InChI=1S/C19H18ClN3O2S/c1-25-17-7-2-4-13(8-17)11-21-18(24)10-16-12-26-19(23-16)22-15-6-3-5-14(20)9-15/h2-9,12H,10-11H2,1H3,(H,21,24)(H,22,23). The highest BCUT2D eigenvalue weighted by atomic mass is 35.5. The molecule has 0 saturated carbocycles. The molecule has 0 spiro atoms. The molecule has 7 heteroatoms. The van der Waals surface area contributed by atoms with Crippen LogP contribution >= 0.6 is 22.9 Å². The third kappa shape index (κ3) is 5.21. The van der Waals surface area contributed by atoms with Gasteiger partial charge in [0.15, 0.2) is 5.13 Å². The van der Waals surface area contributed by atoms with Crippen LogP contribution in [-0.2, 0) is 17.8 Å². The van der Waals surface area contributed by atoms with Crippen molar-refractivity contribution in [3.05, 3.63) is 70.2 Å². The van der Waals surface area contributed by atoms with Gasteiger partial charge in [-0.1, -0.05) is 29.8 Å². The van der Waals surface area contributed by atoms with Crippen molar-refractivity contribution in [2.24, 2.45) is 0 Å². The molecule has 0 saturated heterocycles. The zero-order chi connectivity index (χ0) is 18.4. The summed E-state index contributed by atoms with van der Waals surface area (Å²) in [4.78, 5) is 16.6. The highest BCUT2D eigenvalue weighted by molar-refractivity contribution is 7.13. The Kier molecular flexibility index (Phi) is 6.09. The largest absolute Gasteiger partial charge is 0.497 e. The van der Waals surface area contributed by atoms with Gasteiger partial charge in [0.1, 0.15) is 5.75 Å². The number of hydrogen-bond donors (Lipinski definition) is 2. The normalized spacial score (nSPS) is 10.4. The van der Waals surface area contributed by atoms with E-state index in [0.717, 1.165) is 27.8 Å². The van der Waals surface area contributed by atoms with E-state index in [0.29, 0.717) is 11.6 Å². The fourth-order valence-electron chi connectivity index (χ4n) is 2.35. The van der Waals surface area contributed by atoms with Gasteiger partial charge in [-0.3, -0.25) is 4.79 Å². The quantitative estimate of drug-likeness (QED) is 0.630. The smallest absolute Gasteiger partial charge is 0.226 e. The van der Waals surface area contributed by atoms with Crippen LogP contribution in [0.25, 0.3) is 0 Å². The van der Waals surface area contributed by atoms with Gasteiger partial charge in [-0.15, -0.1) is 11.3 Å². The fourth-order valence-corrected chi connectivity index (χ4v) is 3.27. The molecule has 1 aromatic heterocycles. The molecule has 1 amide bonds. The minimum absolute atomic E-state index is 0.0765. The number of aromatic nitrogens is 1. The molecule has 3 rings (SSSR count). The van der Waals surface area contributed by atoms with Crippen LogP contribution in [0.1, 0.15) is 11.3 Å². The van der Waals surface area contributed by atoms with E-state index in [2.05, 4.69) is 15.6 Å². The number of anilines is 2. The lowest BCUT2D eigenvalue weighted by Crippen LogP contribution is -2.24. The molecule has 2 aromatic carbocycles. The van der Waals surface area contributed by atoms with Crippen molar-refractivity contribution in [1.82, 2.24) is 10.3 Å². The van der Waals surface area contributed by atoms with Gasteiger partial charge in [-0.05, 0) is 35.9 Å². The summed E-state index contributed by atoms with van der Waals surface area (Å²) in [7, 11) is 1.62. The Morgan fingerprint density at radius 1 is 1.23 bits per heavy atom. The molecule has 5 nitrogen and oxygen atoms in total. The molecule has 0 atom stereocenters. The first kappa shape index (κ1) is 18.2. The number of thiazole rings is 1. The predicted molar refractivity (Wildman–Crippen MR) is 105 cm³/mol. The van der Waals surface area contributed by atoms with Gasteiger partial charge >= 0.3 is 0 Å². The maximum absolute atomic E-state index is 12.1. The first-order valence-electron chi connectivity index (χ1n) is 7.99. The van der Waals surface area contributed by atoms with E-state index in [1.54, 1.807) is 7.11 Å². The first-order chi connectivity index (χ1) is 12.6. The second-order valence-electron chi connectivity index (χ2n) is 5.58. The average molecular weight is 388 g/mol. The molecule has 2 N–H and O–H groups in total. The first-order valence-corrected chi connectivity index (χ1v) is 9.25. The van der Waals surface area contributed by atoms with Crippen LogP contribution in [0.5, 0.6) is 5.75 Å². The van der Waals surface area contributed by atoms with E-state index >= 15 is 0 Å². The van der Waals surface area contributed by atoms with Crippen LogP contribution in [0.4, 0.5) is 10.8 Å². The molecule has 3 aromatic rings. The van der Waals surface area contributed by atoms with Gasteiger partial charge in [-0.25, -0.2) is 4.98 Å². The topological polar surface area (TPSA) is 63.2 Å². The van der Waals surface area contributed by atoms with Crippen molar-refractivity contribution >= 4 is 39.7 Å². The highest BCUT2D eigenvalue weighted by Crippen LogP contribution is 2.23. The zero-order valence-corrected chi connectivity index (χ0v) is 15.7. The van der Waals surface area contributed by atoms with Crippen molar-refractivity contribution in [2.75, 3.05) is 12.4 Å². The summed E-state index contributed by atoms with van der Waals surface area (Å²) < 4.78 is 5.18. The summed E-state index contributed by atoms with van der Waals surface area (Å²) in [6.45, 7) is 0.452. The van der Waals surface area contributed by atoms with Crippen LogP contribution < -0.4 is 15.4 Å². The van der Waals surface area contributed by atoms with Gasteiger partial charge in [-0.2, -0.15) is 0 Å². The van der Waals surface area contributed by atoms with Crippen LogP contribution in [0, 0.1) is 0 Å². The Morgan fingerprint density at radius 2 is 2.08 bits per heavy atom. The number of hydrogen-bond acceptors (Lipinski definition) is 5. The Hall–Kier alpha value is -2.57. The van der Waals surface area contributed by atoms with Crippen molar-refractivity contribution in [1.29, 1.82) is 0 Å². The van der Waals surface area contributed by atoms with Crippen LogP contribution in [0.3, 0.4) is 0 Å². The summed E-state index contributed by atoms with van der Waals surface area (Å²) in [5.74, 6) is 0.695. The Morgan fingerprint density at radius 3 is 2.88 bits per heavy atom. The maximum atomic E-state index is 12.1. The molecule has 0 fully saturated rings. The van der Waals surface area contributed by atoms with E-state index in [1.165, 1.54) is 11.3 Å². The lowest BCUT2D eigenvalue weighted by molar-refractivity contribution is -0.120. The number of nitrogens with one attached hydrogen (secondary N) is 2. The summed E-state index contributed by atoms with van der Waals surface area (Å²) in [6, 6.07) is 15.0. The Balaban J connectivity index is 1.52. The predicted octanol–water partition coefficient (Wildman–Crippen LogP) is 4.41. The van der Waals surface area contributed by atoms with Gasteiger partial charge in [0, 0.05) is 22.6 Å². The summed E-state index contributed by atoms with van der Waals surface area (Å²) >= 11 is 7.42. The molecular weight excluding hydrogens is 370 g/mol. The molecule has 1 heterocycles. The number of benzene rings is 2. The molecule has 26 heavy (non-hydrogen) atoms. The van der Waals surface area contributed by atoms with E-state index < -0.39 is 0 Å². The van der Waals surface area contributed by atoms with Crippen molar-refractivity contribution in [2.45, 2.75) is 13.0 Å². The monoisotopic (exact) mass is 387 g/mol. The lowest BCUT2D eigenvalue weighted by atomic mass is 10.2. The third-order valence-electron chi connectivity index (χ3n) is 3.59. The van der Waals surface area contributed by atoms with Crippen LogP contribution in [-0.4, -0.2) is 18.0 Å². The number of carbonyl (C=O) groups excluding carboxylic acids is 1. The highest BCUT2D eigenvalue weighted by Gasteiger charge is 2.08. The number of amides is 1. The molecule has 0 aliphatic carbocycles. The van der Waals surface area contributed by atoms with E-state index in [9.17, 15) is 4.79 Å². The molecule has 0 aliphatic rings. The third-order valence-corrected chi connectivity index (χ3v) is 4.63. The molecule has 0 bridgehead atoms. The fraction of sp³-hybridized carbons (Fsp3) is 0.158. The van der Waals surface area contributed by atoms with Crippen LogP contribution in [0.15, 0.2) is 53.9 Å². The Labute approximate surface area is 161 Å². The Bertz CT molecular complexity index is 898. The van der Waals surface area contributed by atoms with Gasteiger partial charge < -0.3 is 15.4 Å². The van der Waals surface area contributed by atoms with E-state index in [1.807, 2.05) is 53.9 Å². The molecule has 134 valence electrons. The van der Waals surface area contributed by atoms with Crippen LogP contribution in [0.2, 0.25) is 5.02 Å². The zero-order valence-electron chi connectivity index (χ0n) is 14.2. The minimum atomic E-state index is -0.0765. The van der Waals surface area contributed by atoms with Crippen molar-refractivity contribution in [3.8, 4) is 5.75 Å². The van der Waals surface area contributed by atoms with Gasteiger partial charge in [0.05, 0.1) is 19.2 Å². The number of carbonyl (C=O) groups is 1. The van der Waals surface area contributed by atoms with Crippen molar-refractivity contribution < 1.29 is 9.53 Å². The number of nitrogens with zero attached hydrogens (tertiary/aromatic N) is 1. The van der Waals surface area contributed by atoms with E-state index in [-0.39, 0.29) is 12.3 Å². The average Bonchev–Trinajstić information content (AvgIpc) is 3.07. The second-order valence-corrected chi connectivity index (χ2v) is 6.88. The second kappa shape index (κ2) is 8.69. The summed E-state index contributed by atoms with van der Waals surface area (Å²) in [6.07, 6.45) is 0.234. The molecular formula is C19H18ClN3O2S. The minimum Gasteiger partial charge on any atom is -0.497 e. The summed E-state index contributed by atoms with van der Waals surface area (Å²) in [5.41, 5.74) is 2.57. The van der Waals surface area contributed by atoms with Gasteiger partial charge in [0.2, 0.25) is 5.91 Å². The van der Waals surface area contributed by atoms with E-state index in [4.69, 9.17) is 16.3 Å². The molecule has 0 radical (unpaired) electrons. The number of rotatable bonds is 7. The number of ether oxygens (including phenoxy) is 1. The summed E-state index contributed by atoms with van der Waals surface area (Å²) in [5, 5.41) is 9.34. The van der Waals surface area contributed by atoms with Gasteiger partial charge in [0.25, 0.3) is 0 Å². The lowest BCUT2D eigenvalue weighted by Gasteiger charge is -2.06. The number of halogens is 1. The number of methoxy groups -OCH3 is 1. The molecule has 0 aliphatic heterocycles. The SMILES string of the molecule is COc1cccc(CNC(=O)Cc2csc(Nc3cccc(Cl)c3)n2)c1. The maximum Gasteiger partial charge on any atom is 0.226 e. The molecule has 0 unspecified atom stereocenters.